The van der Waals surface area contributed by atoms with Crippen LogP contribution in [-0.4, -0.2) is 47.6 Å². The highest BCUT2D eigenvalue weighted by Crippen LogP contribution is 2.53. The predicted molar refractivity (Wildman–Crippen MR) is 89.3 cm³/mol. The molecule has 0 bridgehead atoms. The lowest BCUT2D eigenvalue weighted by Crippen LogP contribution is -2.74. The average molecular weight is 332 g/mol. The maximum absolute atomic E-state index is 12.1. The number of nitrogens with zero attached hydrogens (tertiary/aromatic N) is 2. The number of ether oxygens (including phenoxy) is 1. The van der Waals surface area contributed by atoms with Gasteiger partial charge in [-0.05, 0) is 24.9 Å². The van der Waals surface area contributed by atoms with Gasteiger partial charge in [0.25, 0.3) is 0 Å². The van der Waals surface area contributed by atoms with E-state index in [-0.39, 0.29) is 34.3 Å². The van der Waals surface area contributed by atoms with E-state index in [1.807, 2.05) is 42.2 Å². The Hall–Kier alpha value is -1.95. The van der Waals surface area contributed by atoms with E-state index in [2.05, 4.69) is 6.92 Å². The van der Waals surface area contributed by atoms with E-state index in [0.29, 0.717) is 13.0 Å². The Kier molecular flexibility index (Phi) is 4.34. The summed E-state index contributed by atoms with van der Waals surface area (Å²) >= 11 is 0. The molecule has 5 atom stereocenters. The normalized spacial score (nSPS) is 36.1. The molecule has 1 aromatic carbocycles. The summed E-state index contributed by atoms with van der Waals surface area (Å²) in [5, 5.41) is 11.7. The van der Waals surface area contributed by atoms with Crippen molar-refractivity contribution in [2.75, 3.05) is 13.7 Å². The third-order valence-electron chi connectivity index (χ3n) is 6.16. The first-order chi connectivity index (χ1) is 11.4. The second kappa shape index (κ2) is 6.16. The van der Waals surface area contributed by atoms with Gasteiger partial charge in [0.1, 0.15) is 6.04 Å². The standard InChI is InChI=1S/C18H24N2O4/c1-12-15(20(22)23)16(18(12,2)13-8-5-4-6-9-13)19-11-7-10-14(19)17(21)24-3/h4-6,8-9,12,14-16H,7,10-11H2,1-3H3. The van der Waals surface area contributed by atoms with Crippen molar-refractivity contribution in [2.24, 2.45) is 5.92 Å². The SMILES string of the molecule is COC(=O)C1CCCN1C1C([N+](=O)[O-])C(C)C1(C)c1ccccc1. The average Bonchev–Trinajstić information content (AvgIpc) is 3.06. The molecule has 2 fully saturated rings. The van der Waals surface area contributed by atoms with Gasteiger partial charge < -0.3 is 4.74 Å². The van der Waals surface area contributed by atoms with Crippen molar-refractivity contribution < 1.29 is 14.5 Å². The van der Waals surface area contributed by atoms with Crippen LogP contribution in [0.3, 0.4) is 0 Å². The fourth-order valence-corrected chi connectivity index (χ4v) is 4.71. The number of carbonyl (C=O) groups excluding carboxylic acids is 1. The number of hydrogen-bond donors (Lipinski definition) is 0. The highest BCUT2D eigenvalue weighted by molar-refractivity contribution is 5.76. The van der Waals surface area contributed by atoms with E-state index >= 15 is 0 Å². The van der Waals surface area contributed by atoms with Gasteiger partial charge >= 0.3 is 5.97 Å². The van der Waals surface area contributed by atoms with E-state index in [4.69, 9.17) is 4.74 Å². The van der Waals surface area contributed by atoms with Crippen molar-refractivity contribution in [1.82, 2.24) is 4.90 Å². The molecule has 1 aliphatic heterocycles. The molecule has 2 aliphatic rings. The second-order valence-corrected chi connectivity index (χ2v) is 7.08. The third kappa shape index (κ3) is 2.32. The van der Waals surface area contributed by atoms with Gasteiger partial charge in [-0.1, -0.05) is 44.2 Å². The predicted octanol–water partition coefficient (Wildman–Crippen LogP) is 2.25. The van der Waals surface area contributed by atoms with Gasteiger partial charge in [0.05, 0.1) is 13.2 Å². The van der Waals surface area contributed by atoms with Gasteiger partial charge in [0, 0.05) is 16.3 Å². The fraction of sp³-hybridized carbons (Fsp3) is 0.611. The Morgan fingerprint density at radius 1 is 1.38 bits per heavy atom. The monoisotopic (exact) mass is 332 g/mol. The minimum absolute atomic E-state index is 0.0983. The molecule has 130 valence electrons. The summed E-state index contributed by atoms with van der Waals surface area (Å²) in [7, 11) is 1.38. The largest absolute Gasteiger partial charge is 0.468 e. The highest BCUT2D eigenvalue weighted by atomic mass is 16.6. The quantitative estimate of drug-likeness (QED) is 0.480. The lowest BCUT2D eigenvalue weighted by Gasteiger charge is -2.58. The molecular formula is C18H24N2O4. The van der Waals surface area contributed by atoms with Crippen molar-refractivity contribution in [2.45, 2.75) is 50.2 Å². The Bertz CT molecular complexity index is 635. The van der Waals surface area contributed by atoms with Crippen LogP contribution in [0.25, 0.3) is 0 Å². The summed E-state index contributed by atoms with van der Waals surface area (Å²) < 4.78 is 4.93. The number of hydrogen-bond acceptors (Lipinski definition) is 5. The van der Waals surface area contributed by atoms with Crippen molar-refractivity contribution in [3.63, 3.8) is 0 Å². The van der Waals surface area contributed by atoms with E-state index in [1.54, 1.807) is 0 Å². The van der Waals surface area contributed by atoms with E-state index < -0.39 is 6.04 Å². The van der Waals surface area contributed by atoms with Crippen LogP contribution in [0.2, 0.25) is 0 Å². The number of carbonyl (C=O) groups is 1. The molecule has 1 aliphatic carbocycles. The molecule has 24 heavy (non-hydrogen) atoms. The molecule has 6 nitrogen and oxygen atoms in total. The lowest BCUT2D eigenvalue weighted by molar-refractivity contribution is -0.565. The minimum Gasteiger partial charge on any atom is -0.468 e. The minimum atomic E-state index is -0.666. The Labute approximate surface area is 141 Å². The summed E-state index contributed by atoms with van der Waals surface area (Å²) in [5.41, 5.74) is 0.742. The molecule has 1 saturated heterocycles. The Morgan fingerprint density at radius 3 is 2.62 bits per heavy atom. The molecule has 0 radical (unpaired) electrons. The Balaban J connectivity index is 2.00. The Morgan fingerprint density at radius 2 is 2.04 bits per heavy atom. The van der Waals surface area contributed by atoms with E-state index in [9.17, 15) is 14.9 Å². The number of rotatable bonds is 4. The molecule has 6 heteroatoms. The first-order valence-electron chi connectivity index (χ1n) is 8.45. The second-order valence-electron chi connectivity index (χ2n) is 7.08. The molecule has 1 aromatic rings. The molecule has 1 heterocycles. The van der Waals surface area contributed by atoms with Crippen LogP contribution in [0.15, 0.2) is 30.3 Å². The third-order valence-corrected chi connectivity index (χ3v) is 6.16. The van der Waals surface area contributed by atoms with Crippen LogP contribution in [0.1, 0.15) is 32.3 Å². The zero-order valence-electron chi connectivity index (χ0n) is 14.3. The molecule has 0 N–H and O–H groups in total. The van der Waals surface area contributed by atoms with Crippen molar-refractivity contribution in [3.8, 4) is 0 Å². The topological polar surface area (TPSA) is 72.7 Å². The molecule has 0 aromatic heterocycles. The van der Waals surface area contributed by atoms with Gasteiger partial charge in [-0.25, -0.2) is 0 Å². The molecule has 0 spiro atoms. The zero-order chi connectivity index (χ0) is 17.5. The van der Waals surface area contributed by atoms with Crippen molar-refractivity contribution in [1.29, 1.82) is 0 Å². The number of nitro groups is 1. The van der Waals surface area contributed by atoms with Crippen LogP contribution < -0.4 is 0 Å². The first-order valence-corrected chi connectivity index (χ1v) is 8.45. The molecule has 5 unspecified atom stereocenters. The first kappa shape index (κ1) is 16.9. The number of esters is 1. The summed E-state index contributed by atoms with van der Waals surface area (Å²) in [6, 6.07) is 8.60. The van der Waals surface area contributed by atoms with Crippen LogP contribution in [0, 0.1) is 16.0 Å². The van der Waals surface area contributed by atoms with Gasteiger partial charge in [-0.3, -0.25) is 19.8 Å². The maximum atomic E-state index is 12.1. The van der Waals surface area contributed by atoms with Crippen molar-refractivity contribution >= 4 is 5.97 Å². The van der Waals surface area contributed by atoms with Gasteiger partial charge in [-0.15, -0.1) is 0 Å². The molecular weight excluding hydrogens is 308 g/mol. The summed E-state index contributed by atoms with van der Waals surface area (Å²) in [5.74, 6) is -0.386. The van der Waals surface area contributed by atoms with Crippen molar-refractivity contribution in [3.05, 3.63) is 46.0 Å². The number of benzene rings is 1. The summed E-state index contributed by atoms with van der Waals surface area (Å²) in [6.07, 6.45) is 1.56. The molecule has 3 rings (SSSR count). The van der Waals surface area contributed by atoms with Crippen LogP contribution in [0.5, 0.6) is 0 Å². The smallest absolute Gasteiger partial charge is 0.323 e. The lowest BCUT2D eigenvalue weighted by atomic mass is 9.51. The molecule has 0 amide bonds. The van der Waals surface area contributed by atoms with E-state index in [1.165, 1.54) is 7.11 Å². The van der Waals surface area contributed by atoms with Gasteiger partial charge in [0.2, 0.25) is 6.04 Å². The van der Waals surface area contributed by atoms with Gasteiger partial charge in [0.15, 0.2) is 0 Å². The number of likely N-dealkylation sites (tertiary alicyclic amines) is 1. The zero-order valence-corrected chi connectivity index (χ0v) is 14.3. The summed E-state index contributed by atoms with van der Waals surface area (Å²) in [4.78, 5) is 25.7. The maximum Gasteiger partial charge on any atom is 0.323 e. The fourth-order valence-electron chi connectivity index (χ4n) is 4.71. The summed E-state index contributed by atoms with van der Waals surface area (Å²) in [6.45, 7) is 4.73. The molecule has 1 saturated carbocycles. The van der Waals surface area contributed by atoms with Crippen LogP contribution >= 0.6 is 0 Å². The number of methoxy groups -OCH3 is 1. The van der Waals surface area contributed by atoms with Crippen LogP contribution in [-0.2, 0) is 14.9 Å². The van der Waals surface area contributed by atoms with Crippen LogP contribution in [0.4, 0.5) is 0 Å². The van der Waals surface area contributed by atoms with Gasteiger partial charge in [-0.2, -0.15) is 0 Å². The van der Waals surface area contributed by atoms with E-state index in [0.717, 1.165) is 12.0 Å². The highest BCUT2D eigenvalue weighted by Gasteiger charge is 2.67.